The van der Waals surface area contributed by atoms with Crippen molar-refractivity contribution in [2.75, 3.05) is 12.3 Å². The predicted octanol–water partition coefficient (Wildman–Crippen LogP) is 1.69. The quantitative estimate of drug-likeness (QED) is 0.683. The van der Waals surface area contributed by atoms with Gasteiger partial charge in [-0.1, -0.05) is 0 Å². The number of nitrogens with one attached hydrogen (secondary N) is 1. The molecule has 0 amide bonds. The van der Waals surface area contributed by atoms with Crippen LogP contribution in [0.3, 0.4) is 0 Å². The first kappa shape index (κ1) is 13.6. The van der Waals surface area contributed by atoms with E-state index < -0.39 is 11.5 Å². The van der Waals surface area contributed by atoms with Crippen LogP contribution >= 0.6 is 11.8 Å². The Labute approximate surface area is 84.1 Å². The first-order valence-corrected chi connectivity index (χ1v) is 4.95. The topological polar surface area (TPSA) is 49.3 Å². The molecule has 0 bridgehead atoms. The number of carboxylic acids is 1. The zero-order valence-electron chi connectivity index (χ0n) is 7.60. The minimum absolute atomic E-state index is 0.0866. The minimum Gasteiger partial charge on any atom is -0.481 e. The van der Waals surface area contributed by atoms with E-state index in [0.29, 0.717) is 0 Å². The first-order chi connectivity index (χ1) is 6.31. The summed E-state index contributed by atoms with van der Waals surface area (Å²) >= 11 is -0.115. The van der Waals surface area contributed by atoms with Crippen LogP contribution in [0.4, 0.5) is 13.2 Å². The molecule has 84 valence electrons. The Hall–Kier alpha value is -0.430. The second kappa shape index (κ2) is 6.13. The zero-order chi connectivity index (χ0) is 11.2. The van der Waals surface area contributed by atoms with Crippen LogP contribution in [0.5, 0.6) is 0 Å². The van der Waals surface area contributed by atoms with Crippen molar-refractivity contribution in [2.45, 2.75) is 24.9 Å². The van der Waals surface area contributed by atoms with Crippen LogP contribution in [-0.2, 0) is 4.79 Å². The van der Waals surface area contributed by atoms with Crippen molar-refractivity contribution in [3.05, 3.63) is 0 Å². The van der Waals surface area contributed by atoms with Gasteiger partial charge in [0.2, 0.25) is 0 Å². The molecule has 0 aromatic carbocycles. The largest absolute Gasteiger partial charge is 0.481 e. The van der Waals surface area contributed by atoms with E-state index in [1.54, 1.807) is 6.92 Å². The Kier molecular flexibility index (Phi) is 5.94. The van der Waals surface area contributed by atoms with Crippen molar-refractivity contribution in [1.29, 1.82) is 0 Å². The summed E-state index contributed by atoms with van der Waals surface area (Å²) in [6, 6.07) is -0.304. The number of aliphatic carboxylic acids is 1. The lowest BCUT2D eigenvalue weighted by atomic mass is 10.2. The summed E-state index contributed by atoms with van der Waals surface area (Å²) < 4.78 is 34.9. The predicted molar refractivity (Wildman–Crippen MR) is 48.2 cm³/mol. The normalized spacial score (nSPS) is 14.0. The lowest BCUT2D eigenvalue weighted by Gasteiger charge is -2.11. The molecular formula is C7H12F3NO2S. The molecule has 1 atom stereocenters. The molecule has 0 heterocycles. The van der Waals surface area contributed by atoms with E-state index in [1.807, 2.05) is 0 Å². The number of alkyl halides is 3. The Morgan fingerprint density at radius 1 is 1.57 bits per heavy atom. The fraction of sp³-hybridized carbons (Fsp3) is 0.857. The van der Waals surface area contributed by atoms with Crippen molar-refractivity contribution in [3.63, 3.8) is 0 Å². The van der Waals surface area contributed by atoms with Crippen molar-refractivity contribution >= 4 is 17.7 Å². The molecule has 0 radical (unpaired) electrons. The van der Waals surface area contributed by atoms with E-state index in [2.05, 4.69) is 5.32 Å². The SMILES string of the molecule is CC(CC(=O)O)NCCSC(F)(F)F. The molecule has 0 rings (SSSR count). The number of halogens is 3. The average molecular weight is 231 g/mol. The summed E-state index contributed by atoms with van der Waals surface area (Å²) in [7, 11) is 0. The molecule has 0 saturated carbocycles. The first-order valence-electron chi connectivity index (χ1n) is 3.97. The van der Waals surface area contributed by atoms with Crippen LogP contribution in [-0.4, -0.2) is 34.9 Å². The second-order valence-corrected chi connectivity index (χ2v) is 3.91. The standard InChI is InChI=1S/C7H12F3NO2S/c1-5(4-6(12)13)11-2-3-14-7(8,9)10/h5,11H,2-4H2,1H3,(H,12,13). The highest BCUT2D eigenvalue weighted by Gasteiger charge is 2.27. The van der Waals surface area contributed by atoms with Gasteiger partial charge in [-0.2, -0.15) is 13.2 Å². The maximum Gasteiger partial charge on any atom is 0.441 e. The molecule has 0 aromatic heterocycles. The van der Waals surface area contributed by atoms with Gasteiger partial charge in [-0.3, -0.25) is 4.79 Å². The van der Waals surface area contributed by atoms with Crippen molar-refractivity contribution in [1.82, 2.24) is 5.32 Å². The van der Waals surface area contributed by atoms with Gasteiger partial charge in [-0.05, 0) is 18.7 Å². The van der Waals surface area contributed by atoms with E-state index >= 15 is 0 Å². The Bertz CT molecular complexity index is 186. The molecule has 0 aromatic rings. The van der Waals surface area contributed by atoms with Crippen molar-refractivity contribution in [2.24, 2.45) is 0 Å². The summed E-state index contributed by atoms with van der Waals surface area (Å²) in [6.07, 6.45) is -0.0866. The highest BCUT2D eigenvalue weighted by atomic mass is 32.2. The maximum atomic E-state index is 11.6. The van der Waals surface area contributed by atoms with Crippen molar-refractivity contribution < 1.29 is 23.1 Å². The van der Waals surface area contributed by atoms with Gasteiger partial charge in [0, 0.05) is 18.3 Å². The van der Waals surface area contributed by atoms with E-state index in [0.717, 1.165) is 0 Å². The van der Waals surface area contributed by atoms with Gasteiger partial charge >= 0.3 is 11.5 Å². The summed E-state index contributed by atoms with van der Waals surface area (Å²) in [5, 5.41) is 11.0. The summed E-state index contributed by atoms with van der Waals surface area (Å²) in [4.78, 5) is 10.2. The molecule has 1 unspecified atom stereocenters. The van der Waals surface area contributed by atoms with E-state index in [1.165, 1.54) is 0 Å². The number of hydrogen-bond donors (Lipinski definition) is 2. The van der Waals surface area contributed by atoms with E-state index in [4.69, 9.17) is 5.11 Å². The minimum atomic E-state index is -4.21. The van der Waals surface area contributed by atoms with Crippen LogP contribution in [0.15, 0.2) is 0 Å². The number of carboxylic acid groups (broad SMARTS) is 1. The molecule has 0 aliphatic rings. The molecule has 2 N–H and O–H groups in total. The molecule has 7 heteroatoms. The van der Waals surface area contributed by atoms with Crippen LogP contribution in [0.1, 0.15) is 13.3 Å². The van der Waals surface area contributed by atoms with Crippen molar-refractivity contribution in [3.8, 4) is 0 Å². The number of hydrogen-bond acceptors (Lipinski definition) is 3. The van der Waals surface area contributed by atoms with Gasteiger partial charge in [0.25, 0.3) is 0 Å². The van der Waals surface area contributed by atoms with Crippen LogP contribution < -0.4 is 5.32 Å². The van der Waals surface area contributed by atoms with Gasteiger partial charge in [0.05, 0.1) is 6.42 Å². The van der Waals surface area contributed by atoms with Gasteiger partial charge in [0.15, 0.2) is 0 Å². The van der Waals surface area contributed by atoms with E-state index in [9.17, 15) is 18.0 Å². The monoisotopic (exact) mass is 231 g/mol. The Balaban J connectivity index is 3.41. The summed E-state index contributed by atoms with van der Waals surface area (Å²) in [6.45, 7) is 1.77. The third-order valence-corrected chi connectivity index (χ3v) is 2.08. The highest BCUT2D eigenvalue weighted by Crippen LogP contribution is 2.29. The third-order valence-electron chi connectivity index (χ3n) is 1.34. The van der Waals surface area contributed by atoms with Gasteiger partial charge in [-0.15, -0.1) is 0 Å². The lowest BCUT2D eigenvalue weighted by molar-refractivity contribution is -0.137. The smallest absolute Gasteiger partial charge is 0.441 e. The highest BCUT2D eigenvalue weighted by molar-refractivity contribution is 8.00. The molecule has 0 spiro atoms. The lowest BCUT2D eigenvalue weighted by Crippen LogP contribution is -2.30. The summed E-state index contributed by atoms with van der Waals surface area (Å²) in [5.41, 5.74) is -4.21. The van der Waals surface area contributed by atoms with Gasteiger partial charge < -0.3 is 10.4 Å². The maximum absolute atomic E-state index is 11.6. The van der Waals surface area contributed by atoms with Crippen LogP contribution in [0.25, 0.3) is 0 Å². The Morgan fingerprint density at radius 3 is 2.57 bits per heavy atom. The molecule has 0 saturated heterocycles. The third kappa shape index (κ3) is 9.66. The van der Waals surface area contributed by atoms with Crippen LogP contribution in [0.2, 0.25) is 0 Å². The molecular weight excluding hydrogens is 219 g/mol. The molecule has 0 aliphatic carbocycles. The number of rotatable bonds is 6. The molecule has 0 fully saturated rings. The Morgan fingerprint density at radius 2 is 2.14 bits per heavy atom. The zero-order valence-corrected chi connectivity index (χ0v) is 8.41. The molecule has 0 aliphatic heterocycles. The molecule has 3 nitrogen and oxygen atoms in total. The fourth-order valence-electron chi connectivity index (χ4n) is 0.806. The van der Waals surface area contributed by atoms with Gasteiger partial charge in [-0.25, -0.2) is 0 Å². The van der Waals surface area contributed by atoms with Gasteiger partial charge in [0.1, 0.15) is 0 Å². The summed E-state index contributed by atoms with van der Waals surface area (Å²) in [5.74, 6) is -1.07. The number of carbonyl (C=O) groups is 1. The fourth-order valence-corrected chi connectivity index (χ4v) is 1.26. The average Bonchev–Trinajstić information content (AvgIpc) is 1.95. The number of thioether (sulfide) groups is 1. The second-order valence-electron chi connectivity index (χ2n) is 2.75. The van der Waals surface area contributed by atoms with Crippen LogP contribution in [0, 0.1) is 0 Å². The molecule has 14 heavy (non-hydrogen) atoms. The van der Waals surface area contributed by atoms with E-state index in [-0.39, 0.29) is 36.5 Å².